The first-order valence-corrected chi connectivity index (χ1v) is 8.12. The van der Waals surface area contributed by atoms with Crippen LogP contribution in [0, 0.1) is 0 Å². The first-order chi connectivity index (χ1) is 10.2. The summed E-state index contributed by atoms with van der Waals surface area (Å²) in [5, 5.41) is 5.60. The smallest absolute Gasteiger partial charge is 0.246 e. The molecule has 1 aromatic carbocycles. The molecule has 0 spiro atoms. The largest absolute Gasteiger partial charge is 0.342 e. The Morgan fingerprint density at radius 2 is 2.29 bits per heavy atom. The number of thioether (sulfide) groups is 1. The zero-order chi connectivity index (χ0) is 15.2. The van der Waals surface area contributed by atoms with Gasteiger partial charge in [0.1, 0.15) is 0 Å². The molecule has 0 aliphatic carbocycles. The van der Waals surface area contributed by atoms with Crippen LogP contribution in [-0.2, 0) is 6.54 Å². The minimum absolute atomic E-state index is 0.539. The summed E-state index contributed by atoms with van der Waals surface area (Å²) in [6.45, 7) is 3.43. The van der Waals surface area contributed by atoms with Crippen LogP contribution in [0.5, 0.6) is 0 Å². The summed E-state index contributed by atoms with van der Waals surface area (Å²) in [4.78, 5) is 10.7. The van der Waals surface area contributed by atoms with E-state index >= 15 is 0 Å². The highest BCUT2D eigenvalue weighted by Gasteiger charge is 2.14. The lowest BCUT2D eigenvalue weighted by molar-refractivity contribution is 0.321. The minimum Gasteiger partial charge on any atom is -0.342 e. The highest BCUT2D eigenvalue weighted by atomic mass is 35.5. The fourth-order valence-corrected chi connectivity index (χ4v) is 2.73. The summed E-state index contributed by atoms with van der Waals surface area (Å²) in [6, 6.07) is 7.39. The fraction of sp³-hybridized carbons (Fsp3) is 0.357. The van der Waals surface area contributed by atoms with Crippen LogP contribution in [-0.4, -0.2) is 40.1 Å². The van der Waals surface area contributed by atoms with E-state index < -0.39 is 0 Å². The van der Waals surface area contributed by atoms with E-state index in [0.29, 0.717) is 23.3 Å². The van der Waals surface area contributed by atoms with Crippen LogP contribution in [0.15, 0.2) is 33.8 Å². The molecule has 0 saturated heterocycles. The van der Waals surface area contributed by atoms with Crippen LogP contribution in [0.3, 0.4) is 0 Å². The average Bonchev–Trinajstić information content (AvgIpc) is 2.96. The molecular formula is C14H17ClN4OS. The molecule has 0 saturated carbocycles. The lowest BCUT2D eigenvalue weighted by Crippen LogP contribution is -2.28. The molecular weight excluding hydrogens is 308 g/mol. The standard InChI is InChI=1S/C14H17ClN4OS/c1-4-19(14(16-2)21-3)9-12-17-13(18-20-12)10-6-5-7-11(15)8-10/h5-8H,4,9H2,1-3H3. The molecule has 21 heavy (non-hydrogen) atoms. The predicted molar refractivity (Wildman–Crippen MR) is 87.7 cm³/mol. The zero-order valence-electron chi connectivity index (χ0n) is 12.2. The molecule has 0 aliphatic rings. The van der Waals surface area contributed by atoms with Gasteiger partial charge in [-0.05, 0) is 25.3 Å². The summed E-state index contributed by atoms with van der Waals surface area (Å²) >= 11 is 7.57. The number of amidine groups is 1. The van der Waals surface area contributed by atoms with Crippen LogP contribution in [0.1, 0.15) is 12.8 Å². The molecule has 0 N–H and O–H groups in total. The van der Waals surface area contributed by atoms with Gasteiger partial charge < -0.3 is 9.42 Å². The van der Waals surface area contributed by atoms with Gasteiger partial charge in [0.15, 0.2) is 5.17 Å². The van der Waals surface area contributed by atoms with Gasteiger partial charge in [0.05, 0.1) is 6.54 Å². The Hall–Kier alpha value is -1.53. The summed E-state index contributed by atoms with van der Waals surface area (Å²) in [5.74, 6) is 1.10. The number of hydrogen-bond donors (Lipinski definition) is 0. The second-order valence-electron chi connectivity index (χ2n) is 4.25. The Kier molecular flexibility index (Phi) is 5.64. The monoisotopic (exact) mass is 324 g/mol. The molecule has 0 fully saturated rings. The molecule has 0 unspecified atom stereocenters. The van der Waals surface area contributed by atoms with Crippen LogP contribution in [0.25, 0.3) is 11.4 Å². The van der Waals surface area contributed by atoms with Crippen molar-refractivity contribution in [3.63, 3.8) is 0 Å². The quantitative estimate of drug-likeness (QED) is 0.635. The molecule has 1 heterocycles. The Bertz CT molecular complexity index is 629. The van der Waals surface area contributed by atoms with Gasteiger partial charge in [-0.1, -0.05) is 40.7 Å². The fourth-order valence-electron chi connectivity index (χ4n) is 1.90. The van der Waals surface area contributed by atoms with Crippen molar-refractivity contribution in [3.05, 3.63) is 35.2 Å². The maximum absolute atomic E-state index is 5.97. The number of benzene rings is 1. The molecule has 0 radical (unpaired) electrons. The van der Waals surface area contributed by atoms with E-state index in [1.165, 1.54) is 0 Å². The highest BCUT2D eigenvalue weighted by molar-refractivity contribution is 8.13. The number of halogens is 1. The first-order valence-electron chi connectivity index (χ1n) is 6.52. The topological polar surface area (TPSA) is 54.5 Å². The lowest BCUT2D eigenvalue weighted by Gasteiger charge is -2.20. The van der Waals surface area contributed by atoms with Crippen molar-refractivity contribution in [2.45, 2.75) is 13.5 Å². The van der Waals surface area contributed by atoms with Crippen LogP contribution in [0.4, 0.5) is 0 Å². The molecule has 5 nitrogen and oxygen atoms in total. The Morgan fingerprint density at radius 1 is 1.48 bits per heavy atom. The van der Waals surface area contributed by atoms with E-state index in [4.69, 9.17) is 16.1 Å². The summed E-state index contributed by atoms with van der Waals surface area (Å²) in [6.07, 6.45) is 2.00. The third-order valence-electron chi connectivity index (χ3n) is 2.90. The van der Waals surface area contributed by atoms with Crippen LogP contribution < -0.4 is 0 Å². The number of nitrogens with zero attached hydrogens (tertiary/aromatic N) is 4. The second-order valence-corrected chi connectivity index (χ2v) is 5.46. The number of rotatable bonds is 4. The molecule has 2 aromatic rings. The minimum atomic E-state index is 0.539. The SMILES string of the molecule is CCN(Cc1nc(-c2cccc(Cl)c2)no1)C(=NC)SC. The van der Waals surface area contributed by atoms with Crippen molar-refractivity contribution >= 4 is 28.5 Å². The van der Waals surface area contributed by atoms with Crippen LogP contribution >= 0.6 is 23.4 Å². The van der Waals surface area contributed by atoms with Gasteiger partial charge in [-0.2, -0.15) is 4.98 Å². The Balaban J connectivity index is 2.16. The first kappa shape index (κ1) is 15.9. The zero-order valence-corrected chi connectivity index (χ0v) is 13.8. The maximum Gasteiger partial charge on any atom is 0.246 e. The molecule has 112 valence electrons. The van der Waals surface area contributed by atoms with Crippen molar-refractivity contribution in [1.82, 2.24) is 15.0 Å². The second kappa shape index (κ2) is 7.47. The molecule has 7 heteroatoms. The van der Waals surface area contributed by atoms with Crippen molar-refractivity contribution in [1.29, 1.82) is 0 Å². The lowest BCUT2D eigenvalue weighted by atomic mass is 10.2. The Morgan fingerprint density at radius 3 is 2.90 bits per heavy atom. The molecule has 0 amide bonds. The highest BCUT2D eigenvalue weighted by Crippen LogP contribution is 2.20. The summed E-state index contributed by atoms with van der Waals surface area (Å²) < 4.78 is 5.32. The van der Waals surface area contributed by atoms with Crippen molar-refractivity contribution < 1.29 is 4.52 Å². The van der Waals surface area contributed by atoms with Gasteiger partial charge in [0.25, 0.3) is 0 Å². The third kappa shape index (κ3) is 3.98. The molecule has 0 bridgehead atoms. The van der Waals surface area contributed by atoms with E-state index in [9.17, 15) is 0 Å². The van der Waals surface area contributed by atoms with E-state index in [1.54, 1.807) is 18.8 Å². The number of hydrogen-bond acceptors (Lipinski definition) is 5. The van der Waals surface area contributed by atoms with Crippen molar-refractivity contribution in [2.75, 3.05) is 19.8 Å². The van der Waals surface area contributed by atoms with Gasteiger partial charge >= 0.3 is 0 Å². The van der Waals surface area contributed by atoms with Crippen molar-refractivity contribution in [3.8, 4) is 11.4 Å². The van der Waals surface area contributed by atoms with Gasteiger partial charge in [0, 0.05) is 24.2 Å². The summed E-state index contributed by atoms with van der Waals surface area (Å²) in [7, 11) is 1.78. The van der Waals surface area contributed by atoms with E-state index in [2.05, 4.69) is 27.0 Å². The van der Waals surface area contributed by atoms with E-state index in [0.717, 1.165) is 17.3 Å². The van der Waals surface area contributed by atoms with Gasteiger partial charge in [-0.15, -0.1) is 0 Å². The maximum atomic E-state index is 5.97. The van der Waals surface area contributed by atoms with E-state index in [-0.39, 0.29) is 0 Å². The average molecular weight is 325 g/mol. The number of aromatic nitrogens is 2. The molecule has 1 aromatic heterocycles. The van der Waals surface area contributed by atoms with Gasteiger partial charge in [0.2, 0.25) is 11.7 Å². The van der Waals surface area contributed by atoms with Gasteiger partial charge in [-0.25, -0.2) is 0 Å². The van der Waals surface area contributed by atoms with E-state index in [1.807, 2.05) is 30.5 Å². The van der Waals surface area contributed by atoms with Crippen LogP contribution in [0.2, 0.25) is 5.02 Å². The molecule has 0 atom stereocenters. The number of aliphatic imine (C=N–C) groups is 1. The van der Waals surface area contributed by atoms with Gasteiger partial charge in [-0.3, -0.25) is 4.99 Å². The Labute approximate surface area is 133 Å². The normalized spacial score (nSPS) is 11.7. The molecule has 2 rings (SSSR count). The molecule has 0 aliphatic heterocycles. The third-order valence-corrected chi connectivity index (χ3v) is 3.94. The van der Waals surface area contributed by atoms with Crippen molar-refractivity contribution in [2.24, 2.45) is 4.99 Å². The summed E-state index contributed by atoms with van der Waals surface area (Å²) in [5.41, 5.74) is 0.842. The predicted octanol–water partition coefficient (Wildman–Crippen LogP) is 3.56.